The molecule has 2 heterocycles. The molecule has 7 nitrogen and oxygen atoms in total. The minimum atomic E-state index is -0.823. The number of nitrogens with zero attached hydrogens (tertiary/aromatic N) is 2. The molecule has 1 amide bonds. The fraction of sp³-hybridized carbons (Fsp3) is 0.333. The first-order chi connectivity index (χ1) is 13.8. The molecule has 1 aromatic carbocycles. The van der Waals surface area contributed by atoms with E-state index in [1.807, 2.05) is 19.0 Å². The van der Waals surface area contributed by atoms with Crippen molar-refractivity contribution < 1.29 is 23.8 Å². The van der Waals surface area contributed by atoms with Crippen LogP contribution in [0, 0.1) is 0 Å². The average Bonchev–Trinajstić information content (AvgIpc) is 3.29. The van der Waals surface area contributed by atoms with Gasteiger partial charge in [0, 0.05) is 11.6 Å². The number of likely N-dealkylation sites (tertiary alicyclic amines) is 1. The van der Waals surface area contributed by atoms with Crippen LogP contribution in [0.15, 0.2) is 46.6 Å². The Hall–Kier alpha value is -2.77. The standard InChI is InChI=1S/C21H23ClN2O5/c1-23(2)9-5-10-24-18(16-6-4-11-29-16)17(20(26)21(24)27)19(25)14-12-13(22)7-8-15(14)28-3/h4,6-8,11-12,18,25H,5,9-10H2,1-3H3/t18-/m0/s1. The van der Waals surface area contributed by atoms with E-state index in [1.165, 1.54) is 24.3 Å². The first kappa shape index (κ1) is 21.0. The third-order valence-corrected chi connectivity index (χ3v) is 5.01. The molecular formula is C21H23ClN2O5. The Kier molecular flexibility index (Phi) is 6.30. The number of ether oxygens (including phenoxy) is 1. The molecule has 1 aliphatic rings. The molecule has 0 unspecified atom stereocenters. The van der Waals surface area contributed by atoms with Gasteiger partial charge in [-0.2, -0.15) is 0 Å². The Bertz CT molecular complexity index is 937. The third kappa shape index (κ3) is 4.16. The van der Waals surface area contributed by atoms with Crippen LogP contribution in [-0.2, 0) is 9.59 Å². The molecule has 0 radical (unpaired) electrons. The molecule has 0 spiro atoms. The van der Waals surface area contributed by atoms with Crippen LogP contribution in [-0.4, -0.2) is 60.9 Å². The van der Waals surface area contributed by atoms with Gasteiger partial charge in [-0.25, -0.2) is 0 Å². The second-order valence-corrected chi connectivity index (χ2v) is 7.45. The maximum absolute atomic E-state index is 12.9. The first-order valence-electron chi connectivity index (χ1n) is 9.15. The Morgan fingerprint density at radius 2 is 2.07 bits per heavy atom. The summed E-state index contributed by atoms with van der Waals surface area (Å²) in [6.07, 6.45) is 2.13. The number of rotatable bonds is 7. The van der Waals surface area contributed by atoms with Gasteiger partial charge in [0.25, 0.3) is 11.7 Å². The summed E-state index contributed by atoms with van der Waals surface area (Å²) in [7, 11) is 5.32. The van der Waals surface area contributed by atoms with Gasteiger partial charge in [-0.05, 0) is 57.4 Å². The molecule has 1 atom stereocenters. The highest BCUT2D eigenvalue weighted by molar-refractivity contribution is 6.46. The van der Waals surface area contributed by atoms with Crippen molar-refractivity contribution in [2.75, 3.05) is 34.3 Å². The van der Waals surface area contributed by atoms with Gasteiger partial charge >= 0.3 is 0 Å². The molecule has 0 bridgehead atoms. The topological polar surface area (TPSA) is 83.2 Å². The van der Waals surface area contributed by atoms with Crippen molar-refractivity contribution in [1.29, 1.82) is 0 Å². The smallest absolute Gasteiger partial charge is 0.295 e. The minimum absolute atomic E-state index is 0.0460. The molecule has 154 valence electrons. The lowest BCUT2D eigenvalue weighted by molar-refractivity contribution is -0.140. The fourth-order valence-electron chi connectivity index (χ4n) is 3.42. The predicted molar refractivity (Wildman–Crippen MR) is 109 cm³/mol. The second kappa shape index (κ2) is 8.71. The van der Waals surface area contributed by atoms with Crippen molar-refractivity contribution >= 4 is 29.1 Å². The zero-order chi connectivity index (χ0) is 21.1. The maximum Gasteiger partial charge on any atom is 0.295 e. The number of ketones is 1. The third-order valence-electron chi connectivity index (χ3n) is 4.77. The Morgan fingerprint density at radius 1 is 1.31 bits per heavy atom. The monoisotopic (exact) mass is 418 g/mol. The van der Waals surface area contributed by atoms with E-state index >= 15 is 0 Å². The SMILES string of the molecule is COc1ccc(Cl)cc1C(O)=C1C(=O)C(=O)N(CCCN(C)C)[C@H]1c1ccco1. The number of aliphatic hydroxyl groups excluding tert-OH is 1. The van der Waals surface area contributed by atoms with E-state index in [1.54, 1.807) is 24.3 Å². The summed E-state index contributed by atoms with van der Waals surface area (Å²) in [5.74, 6) is -1.05. The highest BCUT2D eigenvalue weighted by atomic mass is 35.5. The first-order valence-corrected chi connectivity index (χ1v) is 9.53. The number of carbonyl (C=O) groups is 2. The normalized spacial score (nSPS) is 18.7. The highest BCUT2D eigenvalue weighted by Crippen LogP contribution is 2.41. The van der Waals surface area contributed by atoms with Crippen molar-refractivity contribution in [3.05, 3.63) is 58.5 Å². The summed E-state index contributed by atoms with van der Waals surface area (Å²) in [5.41, 5.74) is 0.193. The van der Waals surface area contributed by atoms with Crippen LogP contribution in [0.3, 0.4) is 0 Å². The second-order valence-electron chi connectivity index (χ2n) is 7.01. The summed E-state index contributed by atoms with van der Waals surface area (Å²) in [6.45, 7) is 1.09. The molecule has 0 saturated carbocycles. The van der Waals surface area contributed by atoms with Crippen LogP contribution < -0.4 is 4.74 Å². The van der Waals surface area contributed by atoms with E-state index in [9.17, 15) is 14.7 Å². The minimum Gasteiger partial charge on any atom is -0.507 e. The number of aliphatic hydroxyl groups is 1. The van der Waals surface area contributed by atoms with E-state index in [-0.39, 0.29) is 16.9 Å². The quantitative estimate of drug-likeness (QED) is 0.422. The Labute approximate surface area is 174 Å². The summed E-state index contributed by atoms with van der Waals surface area (Å²) in [6, 6.07) is 7.23. The molecule has 0 aliphatic carbocycles. The fourth-order valence-corrected chi connectivity index (χ4v) is 3.59. The number of hydrogen-bond donors (Lipinski definition) is 1. The molecule has 3 rings (SSSR count). The van der Waals surface area contributed by atoms with E-state index in [0.717, 1.165) is 6.54 Å². The van der Waals surface area contributed by atoms with Crippen molar-refractivity contribution in [3.8, 4) is 5.75 Å². The molecule has 1 saturated heterocycles. The van der Waals surface area contributed by atoms with Crippen LogP contribution in [0.1, 0.15) is 23.8 Å². The molecule has 1 aromatic heterocycles. The van der Waals surface area contributed by atoms with Crippen molar-refractivity contribution in [2.24, 2.45) is 0 Å². The molecule has 2 aromatic rings. The summed E-state index contributed by atoms with van der Waals surface area (Å²) >= 11 is 6.08. The zero-order valence-corrected chi connectivity index (χ0v) is 17.3. The molecular weight excluding hydrogens is 396 g/mol. The molecule has 29 heavy (non-hydrogen) atoms. The van der Waals surface area contributed by atoms with Gasteiger partial charge in [0.05, 0.1) is 24.5 Å². The molecule has 1 fully saturated rings. The number of Topliss-reactive ketones (excluding diaryl/α,β-unsaturated/α-hetero) is 1. The average molecular weight is 419 g/mol. The predicted octanol–water partition coefficient (Wildman–Crippen LogP) is 3.32. The highest BCUT2D eigenvalue weighted by Gasteiger charge is 2.47. The van der Waals surface area contributed by atoms with Gasteiger partial charge in [0.2, 0.25) is 0 Å². The Balaban J connectivity index is 2.10. The van der Waals surface area contributed by atoms with Crippen molar-refractivity contribution in [1.82, 2.24) is 9.80 Å². The van der Waals surface area contributed by atoms with Gasteiger partial charge in [-0.15, -0.1) is 0 Å². The maximum atomic E-state index is 12.9. The number of carbonyl (C=O) groups excluding carboxylic acids is 2. The zero-order valence-electron chi connectivity index (χ0n) is 16.5. The molecule has 8 heteroatoms. The number of halogens is 1. The largest absolute Gasteiger partial charge is 0.507 e. The van der Waals surface area contributed by atoms with Crippen molar-refractivity contribution in [2.45, 2.75) is 12.5 Å². The number of hydrogen-bond acceptors (Lipinski definition) is 6. The van der Waals surface area contributed by atoms with E-state index in [4.69, 9.17) is 20.8 Å². The number of methoxy groups -OCH3 is 1. The number of furan rings is 1. The van der Waals surface area contributed by atoms with Crippen LogP contribution in [0.4, 0.5) is 0 Å². The van der Waals surface area contributed by atoms with Gasteiger partial charge < -0.3 is 24.1 Å². The van der Waals surface area contributed by atoms with Crippen LogP contribution >= 0.6 is 11.6 Å². The lowest BCUT2D eigenvalue weighted by Crippen LogP contribution is -2.32. The lowest BCUT2D eigenvalue weighted by Gasteiger charge is -2.24. The molecule has 1 aliphatic heterocycles. The number of amides is 1. The van der Waals surface area contributed by atoms with Gasteiger partial charge in [0.15, 0.2) is 0 Å². The number of benzene rings is 1. The summed E-state index contributed by atoms with van der Waals surface area (Å²) < 4.78 is 10.8. The van der Waals surface area contributed by atoms with Crippen LogP contribution in [0.2, 0.25) is 5.02 Å². The van der Waals surface area contributed by atoms with Gasteiger partial charge in [0.1, 0.15) is 23.3 Å². The summed E-state index contributed by atoms with van der Waals surface area (Å²) in [4.78, 5) is 29.1. The van der Waals surface area contributed by atoms with Crippen LogP contribution in [0.5, 0.6) is 5.75 Å². The van der Waals surface area contributed by atoms with Gasteiger partial charge in [-0.1, -0.05) is 11.6 Å². The van der Waals surface area contributed by atoms with Crippen LogP contribution in [0.25, 0.3) is 5.76 Å². The van der Waals surface area contributed by atoms with E-state index in [2.05, 4.69) is 0 Å². The lowest BCUT2D eigenvalue weighted by atomic mass is 9.98. The van der Waals surface area contributed by atoms with Gasteiger partial charge in [-0.3, -0.25) is 9.59 Å². The van der Waals surface area contributed by atoms with E-state index in [0.29, 0.717) is 29.5 Å². The van der Waals surface area contributed by atoms with E-state index < -0.39 is 17.7 Å². The Morgan fingerprint density at radius 3 is 2.69 bits per heavy atom. The summed E-state index contributed by atoms with van der Waals surface area (Å²) in [5, 5.41) is 11.4. The molecule has 1 N–H and O–H groups in total. The van der Waals surface area contributed by atoms with Crippen molar-refractivity contribution in [3.63, 3.8) is 0 Å².